The maximum absolute atomic E-state index is 11.6. The van der Waals surface area contributed by atoms with Crippen LogP contribution < -0.4 is 14.8 Å². The fourth-order valence-electron chi connectivity index (χ4n) is 1.52. The number of nitrogens with one attached hydrogen (secondary N) is 1. The lowest BCUT2D eigenvalue weighted by Gasteiger charge is -2.09. The van der Waals surface area contributed by atoms with Crippen molar-refractivity contribution in [3.63, 3.8) is 0 Å². The molecule has 1 rings (SSSR count). The topological polar surface area (TPSA) is 47.6 Å². The normalized spacial score (nSPS) is 12.2. The molecule has 0 aliphatic rings. The van der Waals surface area contributed by atoms with Gasteiger partial charge >= 0.3 is 0 Å². The highest BCUT2D eigenvalue weighted by Crippen LogP contribution is 2.27. The highest BCUT2D eigenvalue weighted by molar-refractivity contribution is 5.91. The van der Waals surface area contributed by atoms with Crippen LogP contribution in [0, 0.1) is 0 Å². The smallest absolute Gasteiger partial charge is 0.244 e. The summed E-state index contributed by atoms with van der Waals surface area (Å²) in [6.07, 6.45) is 4.18. The van der Waals surface area contributed by atoms with E-state index in [-0.39, 0.29) is 11.9 Å². The van der Waals surface area contributed by atoms with Crippen LogP contribution >= 0.6 is 0 Å². The predicted molar refractivity (Wildman–Crippen MR) is 76.5 cm³/mol. The van der Waals surface area contributed by atoms with Crippen molar-refractivity contribution < 1.29 is 14.3 Å². The summed E-state index contributed by atoms with van der Waals surface area (Å²) in [6.45, 7) is 4.01. The van der Waals surface area contributed by atoms with E-state index in [9.17, 15) is 4.79 Å². The van der Waals surface area contributed by atoms with E-state index in [1.807, 2.05) is 32.0 Å². The number of methoxy groups -OCH3 is 2. The molecule has 0 aliphatic carbocycles. The standard InChI is InChI=1S/C15H21NO3/c1-5-11(2)16-15(17)9-7-12-6-8-13(18-3)14(10-12)19-4/h6-11H,5H2,1-4H3,(H,16,17)/b9-7+/t11-/m1/s1. The summed E-state index contributed by atoms with van der Waals surface area (Å²) in [5.41, 5.74) is 0.886. The zero-order valence-corrected chi connectivity index (χ0v) is 11.9. The minimum Gasteiger partial charge on any atom is -0.493 e. The number of amides is 1. The molecular weight excluding hydrogens is 242 g/mol. The van der Waals surface area contributed by atoms with Gasteiger partial charge in [-0.3, -0.25) is 4.79 Å². The van der Waals surface area contributed by atoms with E-state index in [4.69, 9.17) is 9.47 Å². The number of hydrogen-bond donors (Lipinski definition) is 1. The van der Waals surface area contributed by atoms with Crippen molar-refractivity contribution in [2.75, 3.05) is 14.2 Å². The van der Waals surface area contributed by atoms with Crippen molar-refractivity contribution in [2.24, 2.45) is 0 Å². The zero-order valence-electron chi connectivity index (χ0n) is 11.9. The maximum atomic E-state index is 11.6. The first-order valence-electron chi connectivity index (χ1n) is 6.31. The molecule has 0 bridgehead atoms. The molecule has 0 fully saturated rings. The molecule has 4 nitrogen and oxygen atoms in total. The average molecular weight is 263 g/mol. The molecule has 0 radical (unpaired) electrons. The Morgan fingerprint density at radius 3 is 2.58 bits per heavy atom. The van der Waals surface area contributed by atoms with Crippen molar-refractivity contribution in [3.05, 3.63) is 29.8 Å². The van der Waals surface area contributed by atoms with E-state index in [1.54, 1.807) is 20.3 Å². The molecule has 4 heteroatoms. The molecule has 104 valence electrons. The van der Waals surface area contributed by atoms with Crippen LogP contribution in [0.4, 0.5) is 0 Å². The summed E-state index contributed by atoms with van der Waals surface area (Å²) in [5.74, 6) is 1.22. The number of ether oxygens (including phenoxy) is 2. The molecule has 1 N–H and O–H groups in total. The van der Waals surface area contributed by atoms with Crippen molar-refractivity contribution >= 4 is 12.0 Å². The van der Waals surface area contributed by atoms with Crippen LogP contribution in [0.2, 0.25) is 0 Å². The lowest BCUT2D eigenvalue weighted by molar-refractivity contribution is -0.117. The lowest BCUT2D eigenvalue weighted by Crippen LogP contribution is -2.30. The molecule has 0 spiro atoms. The van der Waals surface area contributed by atoms with Crippen LogP contribution in [0.3, 0.4) is 0 Å². The van der Waals surface area contributed by atoms with Crippen LogP contribution in [-0.2, 0) is 4.79 Å². The second-order valence-corrected chi connectivity index (χ2v) is 4.27. The predicted octanol–water partition coefficient (Wildman–Crippen LogP) is 2.63. The van der Waals surface area contributed by atoms with Gasteiger partial charge in [0.15, 0.2) is 11.5 Å². The molecule has 1 amide bonds. The van der Waals surface area contributed by atoms with E-state index in [0.29, 0.717) is 11.5 Å². The Bertz CT molecular complexity index is 455. The molecule has 19 heavy (non-hydrogen) atoms. The summed E-state index contributed by atoms with van der Waals surface area (Å²) < 4.78 is 10.4. The van der Waals surface area contributed by atoms with Crippen LogP contribution in [0.5, 0.6) is 11.5 Å². The minimum atomic E-state index is -0.0934. The van der Waals surface area contributed by atoms with Crippen molar-refractivity contribution in [2.45, 2.75) is 26.3 Å². The molecule has 0 saturated heterocycles. The van der Waals surface area contributed by atoms with Gasteiger partial charge in [-0.1, -0.05) is 13.0 Å². The highest BCUT2D eigenvalue weighted by atomic mass is 16.5. The summed E-state index contributed by atoms with van der Waals surface area (Å²) in [5, 5.41) is 2.87. The van der Waals surface area contributed by atoms with Crippen molar-refractivity contribution in [1.29, 1.82) is 0 Å². The second kappa shape index (κ2) is 7.46. The molecular formula is C15H21NO3. The molecule has 1 aromatic rings. The monoisotopic (exact) mass is 263 g/mol. The first-order valence-corrected chi connectivity index (χ1v) is 6.31. The molecule has 0 heterocycles. The van der Waals surface area contributed by atoms with Crippen molar-refractivity contribution in [1.82, 2.24) is 5.32 Å². The Balaban J connectivity index is 2.74. The van der Waals surface area contributed by atoms with Crippen LogP contribution in [0.25, 0.3) is 6.08 Å². The maximum Gasteiger partial charge on any atom is 0.244 e. The van der Waals surface area contributed by atoms with Gasteiger partial charge in [0.25, 0.3) is 0 Å². The molecule has 0 saturated carbocycles. The Morgan fingerprint density at radius 2 is 2.00 bits per heavy atom. The van der Waals surface area contributed by atoms with Gasteiger partial charge in [0.1, 0.15) is 0 Å². The summed E-state index contributed by atoms with van der Waals surface area (Å²) in [7, 11) is 3.17. The lowest BCUT2D eigenvalue weighted by atomic mass is 10.2. The van der Waals surface area contributed by atoms with Crippen molar-refractivity contribution in [3.8, 4) is 11.5 Å². The van der Waals surface area contributed by atoms with Gasteiger partial charge in [0.2, 0.25) is 5.91 Å². The Kier molecular flexibility index (Phi) is 5.93. The van der Waals surface area contributed by atoms with Crippen LogP contribution in [0.1, 0.15) is 25.8 Å². The van der Waals surface area contributed by atoms with E-state index in [1.165, 1.54) is 6.08 Å². The van der Waals surface area contributed by atoms with E-state index in [2.05, 4.69) is 5.32 Å². The van der Waals surface area contributed by atoms with E-state index < -0.39 is 0 Å². The molecule has 1 atom stereocenters. The minimum absolute atomic E-state index is 0.0934. The zero-order chi connectivity index (χ0) is 14.3. The fourth-order valence-corrected chi connectivity index (χ4v) is 1.52. The largest absolute Gasteiger partial charge is 0.493 e. The van der Waals surface area contributed by atoms with Crippen LogP contribution in [0.15, 0.2) is 24.3 Å². The van der Waals surface area contributed by atoms with E-state index in [0.717, 1.165) is 12.0 Å². The summed E-state index contributed by atoms with van der Waals surface area (Å²) in [4.78, 5) is 11.6. The number of hydrogen-bond acceptors (Lipinski definition) is 3. The van der Waals surface area contributed by atoms with Gasteiger partial charge in [0.05, 0.1) is 14.2 Å². The third kappa shape index (κ3) is 4.66. The van der Waals surface area contributed by atoms with Gasteiger partial charge in [-0.2, -0.15) is 0 Å². The second-order valence-electron chi connectivity index (χ2n) is 4.27. The number of rotatable bonds is 6. The number of carbonyl (C=O) groups excluding carboxylic acids is 1. The molecule has 0 unspecified atom stereocenters. The Labute approximate surface area is 114 Å². The van der Waals surface area contributed by atoms with Gasteiger partial charge in [-0.25, -0.2) is 0 Å². The van der Waals surface area contributed by atoms with E-state index >= 15 is 0 Å². The Morgan fingerprint density at radius 1 is 1.32 bits per heavy atom. The molecule has 0 aliphatic heterocycles. The van der Waals surface area contributed by atoms with Gasteiger partial charge in [-0.05, 0) is 37.1 Å². The molecule has 1 aromatic carbocycles. The third-order valence-electron chi connectivity index (χ3n) is 2.84. The SMILES string of the molecule is CC[C@@H](C)NC(=O)/C=C/c1ccc(OC)c(OC)c1. The average Bonchev–Trinajstić information content (AvgIpc) is 2.44. The first kappa shape index (κ1) is 15.1. The van der Waals surface area contributed by atoms with Crippen LogP contribution in [-0.4, -0.2) is 26.2 Å². The first-order chi connectivity index (χ1) is 9.10. The quantitative estimate of drug-likeness (QED) is 0.803. The highest BCUT2D eigenvalue weighted by Gasteiger charge is 2.04. The summed E-state index contributed by atoms with van der Waals surface area (Å²) in [6, 6.07) is 5.69. The van der Waals surface area contributed by atoms with Gasteiger partial charge in [-0.15, -0.1) is 0 Å². The van der Waals surface area contributed by atoms with Gasteiger partial charge < -0.3 is 14.8 Å². The van der Waals surface area contributed by atoms with Gasteiger partial charge in [0, 0.05) is 12.1 Å². The molecule has 0 aromatic heterocycles. The number of benzene rings is 1. The Hall–Kier alpha value is -1.97. The third-order valence-corrected chi connectivity index (χ3v) is 2.84. The summed E-state index contributed by atoms with van der Waals surface area (Å²) >= 11 is 0. The fraction of sp³-hybridized carbons (Fsp3) is 0.400. The number of carbonyl (C=O) groups is 1.